The molecule has 0 bridgehead atoms. The predicted molar refractivity (Wildman–Crippen MR) is 139 cm³/mol. The third-order valence-electron chi connectivity index (χ3n) is 7.14. The van der Waals surface area contributed by atoms with Gasteiger partial charge in [0.05, 0.1) is 23.2 Å². The van der Waals surface area contributed by atoms with E-state index in [9.17, 15) is 9.59 Å². The van der Waals surface area contributed by atoms with Crippen LogP contribution in [0, 0.1) is 6.92 Å². The van der Waals surface area contributed by atoms with Crippen LogP contribution in [0.15, 0.2) is 71.5 Å². The Bertz CT molecular complexity index is 1500. The highest BCUT2D eigenvalue weighted by Gasteiger charge is 2.23. The average Bonchev–Trinajstić information content (AvgIpc) is 3.37. The minimum Gasteiger partial charge on any atom is -0.493 e. The number of carbonyl (C=O) groups excluding carboxylic acids is 1. The van der Waals surface area contributed by atoms with Gasteiger partial charge in [-0.2, -0.15) is 0 Å². The molecule has 0 saturated carbocycles. The Morgan fingerprint density at radius 1 is 0.972 bits per heavy atom. The molecule has 3 heterocycles. The van der Waals surface area contributed by atoms with Gasteiger partial charge in [0, 0.05) is 44.7 Å². The van der Waals surface area contributed by atoms with Crippen LogP contribution in [0.1, 0.15) is 27.3 Å². The van der Waals surface area contributed by atoms with E-state index in [1.165, 1.54) is 11.1 Å². The quantitative estimate of drug-likeness (QED) is 0.447. The van der Waals surface area contributed by atoms with Gasteiger partial charge in [-0.25, -0.2) is 4.98 Å². The molecule has 0 atom stereocenters. The van der Waals surface area contributed by atoms with Crippen LogP contribution in [0.4, 0.5) is 0 Å². The molecular weight excluding hydrogens is 452 g/mol. The molecule has 0 aliphatic carbocycles. The first kappa shape index (κ1) is 22.5. The van der Waals surface area contributed by atoms with Crippen LogP contribution < -0.4 is 10.3 Å². The van der Waals surface area contributed by atoms with Crippen LogP contribution in [0.2, 0.25) is 0 Å². The number of rotatable bonds is 4. The second-order valence-corrected chi connectivity index (χ2v) is 9.47. The normalized spacial score (nSPS) is 15.6. The number of aryl methyl sites for hydroxylation is 1. The molecule has 182 valence electrons. The third-order valence-corrected chi connectivity index (χ3v) is 7.14. The zero-order valence-electron chi connectivity index (χ0n) is 20.3. The second kappa shape index (κ2) is 9.24. The lowest BCUT2D eigenvalue weighted by atomic mass is 10.1. The van der Waals surface area contributed by atoms with Crippen molar-refractivity contribution in [2.24, 2.45) is 0 Å². The maximum absolute atomic E-state index is 13.2. The smallest absolute Gasteiger partial charge is 0.265 e. The molecule has 36 heavy (non-hydrogen) atoms. The van der Waals surface area contributed by atoms with Gasteiger partial charge in [0.25, 0.3) is 11.5 Å². The Morgan fingerprint density at radius 3 is 2.56 bits per heavy atom. The van der Waals surface area contributed by atoms with Crippen molar-refractivity contribution >= 4 is 16.8 Å². The van der Waals surface area contributed by atoms with Gasteiger partial charge in [-0.3, -0.25) is 19.1 Å². The summed E-state index contributed by atoms with van der Waals surface area (Å²) >= 11 is 0. The van der Waals surface area contributed by atoms with E-state index in [1.807, 2.05) is 42.2 Å². The van der Waals surface area contributed by atoms with E-state index >= 15 is 0 Å². The molecule has 1 fully saturated rings. The zero-order chi connectivity index (χ0) is 24.6. The summed E-state index contributed by atoms with van der Waals surface area (Å²) in [6.07, 6.45) is 0.982. The van der Waals surface area contributed by atoms with Gasteiger partial charge in [-0.05, 0) is 60.5 Å². The van der Waals surface area contributed by atoms with Crippen LogP contribution in [0.3, 0.4) is 0 Å². The van der Waals surface area contributed by atoms with Crippen molar-refractivity contribution in [1.29, 1.82) is 0 Å². The molecule has 4 aromatic rings. The Balaban J connectivity index is 1.12. The summed E-state index contributed by atoms with van der Waals surface area (Å²) in [5.41, 5.74) is 4.50. The number of carbonyl (C=O) groups is 1. The highest BCUT2D eigenvalue weighted by atomic mass is 16.5. The summed E-state index contributed by atoms with van der Waals surface area (Å²) < 4.78 is 7.21. The molecule has 0 spiro atoms. The summed E-state index contributed by atoms with van der Waals surface area (Å²) in [4.78, 5) is 35.1. The van der Waals surface area contributed by atoms with E-state index in [1.54, 1.807) is 22.8 Å². The standard InChI is InChI=1S/C29H28N4O3/c1-20-30-26-5-3-2-4-25(26)29(35)33(20)24-9-7-22(8-10-24)28(34)32-15-13-31(14-16-32)19-21-6-11-27-23(18-21)12-17-36-27/h2-11,18H,12-17,19H2,1H3. The minimum atomic E-state index is -0.107. The summed E-state index contributed by atoms with van der Waals surface area (Å²) in [5, 5.41) is 0.578. The number of aromatic nitrogens is 2. The van der Waals surface area contributed by atoms with Gasteiger partial charge in [-0.1, -0.05) is 24.3 Å². The van der Waals surface area contributed by atoms with Gasteiger partial charge in [0.2, 0.25) is 0 Å². The van der Waals surface area contributed by atoms with Gasteiger partial charge in [-0.15, -0.1) is 0 Å². The lowest BCUT2D eigenvalue weighted by Crippen LogP contribution is -2.48. The maximum Gasteiger partial charge on any atom is 0.265 e. The number of nitrogens with zero attached hydrogens (tertiary/aromatic N) is 4. The molecule has 0 radical (unpaired) electrons. The molecule has 0 N–H and O–H groups in total. The van der Waals surface area contributed by atoms with Crippen LogP contribution in [0.25, 0.3) is 16.6 Å². The molecule has 1 saturated heterocycles. The highest BCUT2D eigenvalue weighted by Crippen LogP contribution is 2.26. The number of amides is 1. The summed E-state index contributed by atoms with van der Waals surface area (Å²) in [7, 11) is 0. The first-order valence-corrected chi connectivity index (χ1v) is 12.4. The minimum absolute atomic E-state index is 0.0246. The van der Waals surface area contributed by atoms with Gasteiger partial charge in [0.15, 0.2) is 0 Å². The van der Waals surface area contributed by atoms with Crippen molar-refractivity contribution in [3.05, 3.63) is 99.6 Å². The van der Waals surface area contributed by atoms with Gasteiger partial charge >= 0.3 is 0 Å². The van der Waals surface area contributed by atoms with Gasteiger partial charge in [0.1, 0.15) is 11.6 Å². The molecule has 2 aliphatic heterocycles. The summed E-state index contributed by atoms with van der Waals surface area (Å²) in [5.74, 6) is 1.65. The van der Waals surface area contributed by atoms with Crippen LogP contribution in [0.5, 0.6) is 5.75 Å². The Morgan fingerprint density at radius 2 is 1.75 bits per heavy atom. The Labute approximate surface area is 209 Å². The number of hydrogen-bond acceptors (Lipinski definition) is 5. The second-order valence-electron chi connectivity index (χ2n) is 9.47. The fourth-order valence-corrected chi connectivity index (χ4v) is 5.19. The van der Waals surface area contributed by atoms with Crippen molar-refractivity contribution in [1.82, 2.24) is 19.4 Å². The fourth-order valence-electron chi connectivity index (χ4n) is 5.19. The van der Waals surface area contributed by atoms with E-state index in [4.69, 9.17) is 4.74 Å². The number of para-hydroxylation sites is 1. The Kier molecular flexibility index (Phi) is 5.77. The first-order chi connectivity index (χ1) is 17.6. The van der Waals surface area contributed by atoms with Crippen molar-refractivity contribution in [2.75, 3.05) is 32.8 Å². The van der Waals surface area contributed by atoms with Crippen molar-refractivity contribution in [3.63, 3.8) is 0 Å². The number of benzene rings is 3. The molecule has 0 unspecified atom stereocenters. The zero-order valence-corrected chi connectivity index (χ0v) is 20.3. The molecule has 1 aromatic heterocycles. The van der Waals surface area contributed by atoms with E-state index in [2.05, 4.69) is 28.1 Å². The van der Waals surface area contributed by atoms with Gasteiger partial charge < -0.3 is 9.64 Å². The SMILES string of the molecule is Cc1nc2ccccc2c(=O)n1-c1ccc(C(=O)N2CCN(Cc3ccc4c(c3)CCO4)CC2)cc1. The van der Waals surface area contributed by atoms with E-state index < -0.39 is 0 Å². The van der Waals surface area contributed by atoms with Crippen LogP contribution in [-0.2, 0) is 13.0 Å². The van der Waals surface area contributed by atoms with Crippen molar-refractivity contribution in [2.45, 2.75) is 19.9 Å². The predicted octanol–water partition coefficient (Wildman–Crippen LogP) is 3.59. The fraction of sp³-hybridized carbons (Fsp3) is 0.276. The van der Waals surface area contributed by atoms with E-state index in [0.717, 1.165) is 38.4 Å². The molecular formula is C29H28N4O3. The monoisotopic (exact) mass is 480 g/mol. The maximum atomic E-state index is 13.2. The topological polar surface area (TPSA) is 67.7 Å². The number of fused-ring (bicyclic) bond motifs is 2. The first-order valence-electron chi connectivity index (χ1n) is 12.4. The van der Waals surface area contributed by atoms with E-state index in [-0.39, 0.29) is 11.5 Å². The summed E-state index contributed by atoms with van der Waals surface area (Å²) in [6, 6.07) is 21.1. The van der Waals surface area contributed by atoms with E-state index in [0.29, 0.717) is 41.1 Å². The molecule has 1 amide bonds. The number of piperazine rings is 1. The number of ether oxygens (including phenoxy) is 1. The third kappa shape index (κ3) is 4.16. The molecule has 2 aliphatic rings. The largest absolute Gasteiger partial charge is 0.493 e. The number of hydrogen-bond donors (Lipinski definition) is 0. The van der Waals surface area contributed by atoms with Crippen LogP contribution in [-0.4, -0.2) is 58.0 Å². The summed E-state index contributed by atoms with van der Waals surface area (Å²) in [6.45, 7) is 6.56. The lowest BCUT2D eigenvalue weighted by Gasteiger charge is -2.35. The Hall–Kier alpha value is -3.97. The molecule has 7 nitrogen and oxygen atoms in total. The van der Waals surface area contributed by atoms with Crippen molar-refractivity contribution in [3.8, 4) is 11.4 Å². The van der Waals surface area contributed by atoms with Crippen molar-refractivity contribution < 1.29 is 9.53 Å². The lowest BCUT2D eigenvalue weighted by molar-refractivity contribution is 0.0628. The average molecular weight is 481 g/mol. The molecule has 6 rings (SSSR count). The van der Waals surface area contributed by atoms with Crippen LogP contribution >= 0.6 is 0 Å². The molecule has 7 heteroatoms. The molecule has 3 aromatic carbocycles. The highest BCUT2D eigenvalue weighted by molar-refractivity contribution is 5.94.